The van der Waals surface area contributed by atoms with Crippen molar-refractivity contribution < 1.29 is 0 Å². The van der Waals surface area contributed by atoms with Crippen LogP contribution in [0, 0.1) is 11.8 Å². The Hall–Kier alpha value is -0.240. The van der Waals surface area contributed by atoms with Gasteiger partial charge in [-0.1, -0.05) is 56.0 Å². The highest BCUT2D eigenvalue weighted by atomic mass is 35.5. The van der Waals surface area contributed by atoms with E-state index >= 15 is 0 Å². The molecule has 1 aromatic rings. The minimum atomic E-state index is 0.313. The van der Waals surface area contributed by atoms with E-state index in [0.717, 1.165) is 11.8 Å². The molecule has 0 saturated heterocycles. The smallest absolute Gasteiger partial charge is 0.0595 e. The molecule has 0 aliphatic heterocycles. The van der Waals surface area contributed by atoms with Crippen LogP contribution in [0.4, 0.5) is 0 Å². The molecule has 106 valence electrons. The molecule has 0 heterocycles. The van der Waals surface area contributed by atoms with Crippen molar-refractivity contribution in [2.45, 2.75) is 52.1 Å². The standard InChI is InChI=1S/C16H23Cl2N/c1-10-5-4-6-16(11(10)2)19-12(3)13-7-8-14(17)15(18)9-13/h7-12,16,19H,4-6H2,1-3H3. The lowest BCUT2D eigenvalue weighted by Gasteiger charge is -2.36. The van der Waals surface area contributed by atoms with Crippen LogP contribution in [-0.4, -0.2) is 6.04 Å². The summed E-state index contributed by atoms with van der Waals surface area (Å²) in [4.78, 5) is 0. The molecule has 0 aromatic heterocycles. The lowest BCUT2D eigenvalue weighted by atomic mass is 9.77. The molecular weight excluding hydrogens is 277 g/mol. The molecule has 1 aliphatic rings. The molecule has 0 spiro atoms. The topological polar surface area (TPSA) is 12.0 Å². The molecule has 19 heavy (non-hydrogen) atoms. The summed E-state index contributed by atoms with van der Waals surface area (Å²) in [6.07, 6.45) is 3.97. The fraction of sp³-hybridized carbons (Fsp3) is 0.625. The molecule has 1 fully saturated rings. The molecule has 1 aromatic carbocycles. The van der Waals surface area contributed by atoms with Gasteiger partial charge < -0.3 is 5.32 Å². The fourth-order valence-corrected chi connectivity index (χ4v) is 3.32. The van der Waals surface area contributed by atoms with E-state index in [0.29, 0.717) is 22.1 Å². The zero-order valence-electron chi connectivity index (χ0n) is 11.9. The largest absolute Gasteiger partial charge is 0.307 e. The number of halogens is 2. The van der Waals surface area contributed by atoms with Crippen molar-refractivity contribution in [3.8, 4) is 0 Å². The lowest BCUT2D eigenvalue weighted by molar-refractivity contribution is 0.196. The van der Waals surface area contributed by atoms with Crippen molar-refractivity contribution in [2.75, 3.05) is 0 Å². The summed E-state index contributed by atoms with van der Waals surface area (Å²) in [6.45, 7) is 6.93. The van der Waals surface area contributed by atoms with E-state index in [2.05, 4.69) is 32.2 Å². The number of nitrogens with one attached hydrogen (secondary N) is 1. The van der Waals surface area contributed by atoms with Gasteiger partial charge in [-0.3, -0.25) is 0 Å². The van der Waals surface area contributed by atoms with Gasteiger partial charge in [-0.15, -0.1) is 0 Å². The first-order chi connectivity index (χ1) is 8.99. The molecule has 0 amide bonds. The van der Waals surface area contributed by atoms with E-state index in [9.17, 15) is 0 Å². The predicted molar refractivity (Wildman–Crippen MR) is 84.0 cm³/mol. The summed E-state index contributed by atoms with van der Waals surface area (Å²) in [5, 5.41) is 5.02. The van der Waals surface area contributed by atoms with E-state index in [-0.39, 0.29) is 0 Å². The molecule has 0 radical (unpaired) electrons. The first kappa shape index (κ1) is 15.2. The van der Waals surface area contributed by atoms with Gasteiger partial charge >= 0.3 is 0 Å². The van der Waals surface area contributed by atoms with Crippen molar-refractivity contribution >= 4 is 23.2 Å². The Bertz CT molecular complexity index is 433. The quantitative estimate of drug-likeness (QED) is 0.780. The highest BCUT2D eigenvalue weighted by Crippen LogP contribution is 2.32. The number of benzene rings is 1. The van der Waals surface area contributed by atoms with Crippen molar-refractivity contribution in [3.63, 3.8) is 0 Å². The molecular formula is C16H23Cl2N. The normalized spacial score (nSPS) is 29.2. The van der Waals surface area contributed by atoms with Crippen molar-refractivity contribution in [1.29, 1.82) is 0 Å². The molecule has 1 aliphatic carbocycles. The van der Waals surface area contributed by atoms with E-state index < -0.39 is 0 Å². The predicted octanol–water partition coefficient (Wildman–Crippen LogP) is 5.47. The third kappa shape index (κ3) is 3.65. The van der Waals surface area contributed by atoms with Crippen LogP contribution < -0.4 is 5.32 Å². The van der Waals surface area contributed by atoms with Crippen molar-refractivity contribution in [3.05, 3.63) is 33.8 Å². The average Bonchev–Trinajstić information content (AvgIpc) is 2.38. The van der Waals surface area contributed by atoms with E-state index in [1.807, 2.05) is 12.1 Å². The second-order valence-corrected chi connectivity index (χ2v) is 6.75. The summed E-state index contributed by atoms with van der Waals surface area (Å²) in [7, 11) is 0. The van der Waals surface area contributed by atoms with Crippen LogP contribution in [0.5, 0.6) is 0 Å². The van der Waals surface area contributed by atoms with Gasteiger partial charge in [0.25, 0.3) is 0 Å². The summed E-state index contributed by atoms with van der Waals surface area (Å²) >= 11 is 12.1. The Labute approximate surface area is 126 Å². The Morgan fingerprint density at radius 3 is 2.58 bits per heavy atom. The highest BCUT2D eigenvalue weighted by Gasteiger charge is 2.27. The van der Waals surface area contributed by atoms with Crippen molar-refractivity contribution in [1.82, 2.24) is 5.32 Å². The molecule has 1 nitrogen and oxygen atoms in total. The first-order valence-electron chi connectivity index (χ1n) is 7.20. The molecule has 1 N–H and O–H groups in total. The summed E-state index contributed by atoms with van der Waals surface area (Å²) in [6, 6.07) is 6.83. The van der Waals surface area contributed by atoms with Crippen LogP contribution in [0.2, 0.25) is 10.0 Å². The van der Waals surface area contributed by atoms with Crippen LogP contribution in [-0.2, 0) is 0 Å². The fourth-order valence-electron chi connectivity index (χ4n) is 3.02. The minimum absolute atomic E-state index is 0.313. The molecule has 4 atom stereocenters. The zero-order valence-corrected chi connectivity index (χ0v) is 13.4. The molecule has 1 saturated carbocycles. The third-order valence-corrected chi connectivity index (χ3v) is 5.35. The van der Waals surface area contributed by atoms with Gasteiger partial charge in [0.1, 0.15) is 0 Å². The van der Waals surface area contributed by atoms with E-state index in [1.54, 1.807) is 0 Å². The maximum Gasteiger partial charge on any atom is 0.0595 e. The zero-order chi connectivity index (χ0) is 14.0. The molecule has 4 unspecified atom stereocenters. The van der Waals surface area contributed by atoms with Gasteiger partial charge in [0.15, 0.2) is 0 Å². The lowest BCUT2D eigenvalue weighted by Crippen LogP contribution is -2.41. The highest BCUT2D eigenvalue weighted by molar-refractivity contribution is 6.42. The first-order valence-corrected chi connectivity index (χ1v) is 7.95. The van der Waals surface area contributed by atoms with Crippen LogP contribution in [0.3, 0.4) is 0 Å². The monoisotopic (exact) mass is 299 g/mol. The average molecular weight is 300 g/mol. The van der Waals surface area contributed by atoms with Gasteiger partial charge in [-0.2, -0.15) is 0 Å². The second-order valence-electron chi connectivity index (χ2n) is 5.94. The van der Waals surface area contributed by atoms with E-state index in [4.69, 9.17) is 23.2 Å². The van der Waals surface area contributed by atoms with Crippen LogP contribution in [0.15, 0.2) is 18.2 Å². The maximum atomic E-state index is 6.09. The minimum Gasteiger partial charge on any atom is -0.307 e. The number of hydrogen-bond donors (Lipinski definition) is 1. The Morgan fingerprint density at radius 1 is 1.16 bits per heavy atom. The number of hydrogen-bond acceptors (Lipinski definition) is 1. The van der Waals surface area contributed by atoms with Crippen LogP contribution in [0.25, 0.3) is 0 Å². The molecule has 0 bridgehead atoms. The summed E-state index contributed by atoms with van der Waals surface area (Å²) in [5.41, 5.74) is 1.21. The molecule has 3 heteroatoms. The second kappa shape index (κ2) is 6.47. The summed E-state index contributed by atoms with van der Waals surface area (Å²) in [5.74, 6) is 1.55. The Kier molecular flexibility index (Phi) is 5.16. The molecule has 2 rings (SSSR count). The van der Waals surface area contributed by atoms with Gasteiger partial charge in [-0.05, 0) is 42.9 Å². The van der Waals surface area contributed by atoms with E-state index in [1.165, 1.54) is 24.8 Å². The van der Waals surface area contributed by atoms with Gasteiger partial charge in [0, 0.05) is 12.1 Å². The van der Waals surface area contributed by atoms with Crippen LogP contribution in [0.1, 0.15) is 51.6 Å². The van der Waals surface area contributed by atoms with Gasteiger partial charge in [0.2, 0.25) is 0 Å². The van der Waals surface area contributed by atoms with Crippen molar-refractivity contribution in [2.24, 2.45) is 11.8 Å². The summed E-state index contributed by atoms with van der Waals surface area (Å²) < 4.78 is 0. The van der Waals surface area contributed by atoms with Crippen LogP contribution >= 0.6 is 23.2 Å². The Balaban J connectivity index is 2.03. The maximum absolute atomic E-state index is 6.09. The SMILES string of the molecule is CC(NC1CCCC(C)C1C)c1ccc(Cl)c(Cl)c1. The third-order valence-electron chi connectivity index (χ3n) is 4.61. The Morgan fingerprint density at radius 2 is 1.89 bits per heavy atom. The van der Waals surface area contributed by atoms with Gasteiger partial charge in [-0.25, -0.2) is 0 Å². The van der Waals surface area contributed by atoms with Gasteiger partial charge in [0.05, 0.1) is 10.0 Å². The number of rotatable bonds is 3.